The summed E-state index contributed by atoms with van der Waals surface area (Å²) in [4.78, 5) is 11.9. The van der Waals surface area contributed by atoms with Gasteiger partial charge in [-0.15, -0.1) is 0 Å². The lowest BCUT2D eigenvalue weighted by Gasteiger charge is -2.54. The van der Waals surface area contributed by atoms with Crippen LogP contribution in [0.15, 0.2) is 83.8 Å². The Hall–Kier alpha value is -3.46. The number of ether oxygens (including phenoxy) is 2. The Balaban J connectivity index is 1.43. The largest absolute Gasteiger partial charge is 0.482 e. The number of hydrogen-bond acceptors (Lipinski definition) is 5. The summed E-state index contributed by atoms with van der Waals surface area (Å²) >= 11 is 0. The van der Waals surface area contributed by atoms with Gasteiger partial charge in [0.2, 0.25) is 10.0 Å². The van der Waals surface area contributed by atoms with Crippen LogP contribution in [0, 0.1) is 24.2 Å². The lowest BCUT2D eigenvalue weighted by molar-refractivity contribution is -0.173. The normalized spacial score (nSPS) is 21.5. The number of carboxylic acids is 1. The van der Waals surface area contributed by atoms with Crippen LogP contribution in [0.25, 0.3) is 11.1 Å². The fourth-order valence-corrected chi connectivity index (χ4v) is 9.02. The van der Waals surface area contributed by atoms with Crippen LogP contribution in [0.1, 0.15) is 89.0 Å². The number of piperidine rings is 1. The second-order valence-electron chi connectivity index (χ2n) is 14.6. The number of benzene rings is 3. The summed E-state index contributed by atoms with van der Waals surface area (Å²) in [6.07, 6.45) is 2.57. The molecule has 2 aliphatic heterocycles. The van der Waals surface area contributed by atoms with Gasteiger partial charge in [-0.25, -0.2) is 13.2 Å². The Bertz CT molecular complexity index is 1710. The lowest BCUT2D eigenvalue weighted by atomic mass is 9.62. The van der Waals surface area contributed by atoms with Crippen LogP contribution in [-0.2, 0) is 19.6 Å². The van der Waals surface area contributed by atoms with Gasteiger partial charge in [-0.2, -0.15) is 4.31 Å². The second kappa shape index (κ2) is 14.6. The predicted octanol–water partition coefficient (Wildman–Crippen LogP) is 8.79. The van der Waals surface area contributed by atoms with Crippen molar-refractivity contribution in [3.63, 3.8) is 0 Å². The van der Waals surface area contributed by atoms with E-state index in [4.69, 9.17) is 9.47 Å². The average Bonchev–Trinajstić information content (AvgIpc) is 3.05. The Kier molecular flexibility index (Phi) is 10.9. The first kappa shape index (κ1) is 35.8. The smallest absolute Gasteiger partial charge is 0.341 e. The van der Waals surface area contributed by atoms with Crippen LogP contribution in [0.5, 0.6) is 5.75 Å². The summed E-state index contributed by atoms with van der Waals surface area (Å²) in [6.45, 7) is 17.5. The number of aliphatic carboxylic acids is 1. The van der Waals surface area contributed by atoms with E-state index in [0.717, 1.165) is 46.2 Å². The molecule has 0 aromatic heterocycles. The highest BCUT2D eigenvalue weighted by atomic mass is 32.2. The molecule has 3 atom stereocenters. The molecule has 1 spiro atoms. The molecule has 2 saturated heterocycles. The highest BCUT2D eigenvalue weighted by Gasteiger charge is 2.52. The first-order chi connectivity index (χ1) is 22.7. The van der Waals surface area contributed by atoms with Crippen molar-refractivity contribution in [1.82, 2.24) is 4.31 Å². The summed E-state index contributed by atoms with van der Waals surface area (Å²) in [5, 5.41) is 9.46. The van der Waals surface area contributed by atoms with Gasteiger partial charge in [0.25, 0.3) is 0 Å². The quantitative estimate of drug-likeness (QED) is 0.205. The van der Waals surface area contributed by atoms with Gasteiger partial charge in [0.15, 0.2) is 6.61 Å². The van der Waals surface area contributed by atoms with Crippen molar-refractivity contribution in [2.75, 3.05) is 19.7 Å². The van der Waals surface area contributed by atoms with Gasteiger partial charge in [0, 0.05) is 24.6 Å². The van der Waals surface area contributed by atoms with E-state index in [9.17, 15) is 18.3 Å². The summed E-state index contributed by atoms with van der Waals surface area (Å²) < 4.78 is 42.5. The highest BCUT2D eigenvalue weighted by molar-refractivity contribution is 7.89. The van der Waals surface area contributed by atoms with E-state index >= 15 is 0 Å². The number of hydrogen-bond donors (Lipinski definition) is 1. The molecule has 0 saturated carbocycles. The van der Waals surface area contributed by atoms with Crippen molar-refractivity contribution in [1.29, 1.82) is 0 Å². The Labute approximate surface area is 287 Å². The third-order valence-corrected chi connectivity index (χ3v) is 12.2. The molecule has 48 heavy (non-hydrogen) atoms. The van der Waals surface area contributed by atoms with Crippen LogP contribution in [-0.4, -0.2) is 49.6 Å². The van der Waals surface area contributed by atoms with Crippen molar-refractivity contribution in [3.05, 3.63) is 95.6 Å². The summed E-state index contributed by atoms with van der Waals surface area (Å²) in [7, 11) is -3.67. The molecule has 3 aromatic carbocycles. The molecule has 5 rings (SSSR count). The molecular weight excluding hydrogens is 623 g/mol. The first-order valence-electron chi connectivity index (χ1n) is 17.2. The molecule has 3 aromatic rings. The summed E-state index contributed by atoms with van der Waals surface area (Å²) in [5.74, 6) is 0.0917. The standard InChI is InChI=1S/C40H51NO6S/c1-26(2)21-36-40(17-19-41(20-18-40)48(44,45)33-15-13-31(14-16-33)30-11-9-8-10-12-30)24-34(28(5)6)39(47-36)38-29(7)22-32(27(3)4)23-35(38)46-25-37(42)43/h8-16,22-23,26-27,34,36,39H,5,17-21,24-25H2,1-4,6-7H3,(H,42,43)/t34-,36+,39+/m0/s1. The first-order valence-corrected chi connectivity index (χ1v) is 18.6. The Morgan fingerprint density at radius 1 is 1.02 bits per heavy atom. The number of aryl methyl sites for hydroxylation is 1. The van der Waals surface area contributed by atoms with Gasteiger partial charge in [-0.3, -0.25) is 0 Å². The predicted molar refractivity (Wildman–Crippen MR) is 191 cm³/mol. The van der Waals surface area contributed by atoms with E-state index in [-0.39, 0.29) is 29.5 Å². The molecule has 0 unspecified atom stereocenters. The number of sulfonamides is 1. The minimum Gasteiger partial charge on any atom is -0.482 e. The molecule has 0 amide bonds. The second-order valence-corrected chi connectivity index (χ2v) is 16.5. The molecule has 0 aliphatic carbocycles. The van der Waals surface area contributed by atoms with E-state index in [1.165, 1.54) is 0 Å². The van der Waals surface area contributed by atoms with Gasteiger partial charge >= 0.3 is 5.97 Å². The number of carboxylic acid groups (broad SMARTS) is 1. The van der Waals surface area contributed by atoms with Crippen LogP contribution >= 0.6 is 0 Å². The zero-order chi connectivity index (χ0) is 34.8. The average molecular weight is 674 g/mol. The summed E-state index contributed by atoms with van der Waals surface area (Å²) in [5.41, 5.74) is 5.78. The van der Waals surface area contributed by atoms with Crippen molar-refractivity contribution >= 4 is 16.0 Å². The monoisotopic (exact) mass is 673 g/mol. The Morgan fingerprint density at radius 2 is 1.65 bits per heavy atom. The minimum atomic E-state index is -3.67. The van der Waals surface area contributed by atoms with Crippen molar-refractivity contribution < 1.29 is 27.8 Å². The molecule has 1 N–H and O–H groups in total. The molecular formula is C40H51NO6S. The van der Waals surface area contributed by atoms with Crippen LogP contribution in [0.4, 0.5) is 0 Å². The van der Waals surface area contributed by atoms with Gasteiger partial charge in [0.05, 0.1) is 17.1 Å². The molecule has 0 radical (unpaired) electrons. The number of carbonyl (C=O) groups is 1. The van der Waals surface area contributed by atoms with E-state index in [1.54, 1.807) is 16.4 Å². The molecule has 2 heterocycles. The SMILES string of the molecule is C=C(C)[C@@H]1CC2(CCN(S(=O)(=O)c3ccc(-c4ccccc4)cc3)CC2)[C@@H](CC(C)C)O[C@H]1c1c(C)cc(C(C)C)cc1OCC(=O)O. The number of nitrogens with zero attached hydrogens (tertiary/aromatic N) is 1. The maximum absolute atomic E-state index is 13.9. The third-order valence-electron chi connectivity index (χ3n) is 10.3. The summed E-state index contributed by atoms with van der Waals surface area (Å²) in [6, 6.07) is 21.2. The topological polar surface area (TPSA) is 93.1 Å². The van der Waals surface area contributed by atoms with Crippen LogP contribution in [0.2, 0.25) is 0 Å². The van der Waals surface area contributed by atoms with Crippen LogP contribution < -0.4 is 4.74 Å². The van der Waals surface area contributed by atoms with Crippen molar-refractivity contribution in [2.24, 2.45) is 17.3 Å². The molecule has 258 valence electrons. The third kappa shape index (κ3) is 7.56. The van der Waals surface area contributed by atoms with Crippen molar-refractivity contribution in [2.45, 2.75) is 90.2 Å². The molecule has 2 fully saturated rings. The van der Waals surface area contributed by atoms with E-state index in [0.29, 0.717) is 42.5 Å². The fraction of sp³-hybridized carbons (Fsp3) is 0.475. The maximum Gasteiger partial charge on any atom is 0.341 e. The number of rotatable bonds is 11. The van der Waals surface area contributed by atoms with Gasteiger partial charge in [-0.05, 0) is 97.2 Å². The Morgan fingerprint density at radius 3 is 2.21 bits per heavy atom. The molecule has 0 bridgehead atoms. The van der Waals surface area contributed by atoms with Crippen LogP contribution in [0.3, 0.4) is 0 Å². The zero-order valence-corrected chi connectivity index (χ0v) is 30.1. The van der Waals surface area contributed by atoms with E-state index in [1.807, 2.05) is 62.4 Å². The van der Waals surface area contributed by atoms with E-state index in [2.05, 4.69) is 40.3 Å². The van der Waals surface area contributed by atoms with Crippen molar-refractivity contribution in [3.8, 4) is 16.9 Å². The molecule has 7 nitrogen and oxygen atoms in total. The molecule has 2 aliphatic rings. The van der Waals surface area contributed by atoms with Gasteiger partial charge < -0.3 is 14.6 Å². The minimum absolute atomic E-state index is 0.0436. The molecule has 8 heteroatoms. The van der Waals surface area contributed by atoms with E-state index < -0.39 is 22.6 Å². The lowest BCUT2D eigenvalue weighted by Crippen LogP contribution is -2.53. The maximum atomic E-state index is 13.9. The zero-order valence-electron chi connectivity index (χ0n) is 29.2. The van der Waals surface area contributed by atoms with Gasteiger partial charge in [0.1, 0.15) is 5.75 Å². The highest BCUT2D eigenvalue weighted by Crippen LogP contribution is 2.56. The fourth-order valence-electron chi connectivity index (χ4n) is 7.57. The van der Waals surface area contributed by atoms with Gasteiger partial charge in [-0.1, -0.05) is 88.4 Å².